The molecule has 5 aliphatic rings. The number of imidazole rings is 5. The van der Waals surface area contributed by atoms with Gasteiger partial charge in [0.1, 0.15) is 106 Å². The Morgan fingerprint density at radius 3 is 0.949 bits per heavy atom. The third-order valence-electron chi connectivity index (χ3n) is 24.7. The molecule has 5 unspecified atom stereocenters. The number of aliphatic hydroxyl groups excluding tert-OH is 10. The minimum atomic E-state index is -1.25. The van der Waals surface area contributed by atoms with Gasteiger partial charge in [-0.1, -0.05) is 62.3 Å². The van der Waals surface area contributed by atoms with Gasteiger partial charge in [-0.15, -0.1) is 65.9 Å². The Kier molecular flexibility index (Phi) is 37.6. The lowest BCUT2D eigenvalue weighted by Gasteiger charge is -2.18. The zero-order valence-corrected chi connectivity index (χ0v) is 88.1. The van der Waals surface area contributed by atoms with Crippen molar-refractivity contribution in [2.24, 2.45) is 0 Å². The number of nitrogen functional groups attached to an aromatic ring is 3. The van der Waals surface area contributed by atoms with Crippen molar-refractivity contribution in [2.45, 2.75) is 266 Å². The smallest absolute Gasteiger partial charge is 0.318 e. The van der Waals surface area contributed by atoms with Gasteiger partial charge in [0.05, 0.1) is 80.7 Å². The van der Waals surface area contributed by atoms with Gasteiger partial charge in [-0.3, -0.25) is 22.8 Å². The van der Waals surface area contributed by atoms with E-state index in [2.05, 4.69) is 220 Å². The highest BCUT2D eigenvalue weighted by Crippen LogP contribution is 2.47. The standard InChI is InChI=1S/C22H35N4O4P.C22H35N4O3PS.C18H30N5O3P.2C15H24N5O3P/c1-7-14(2)9-8-10-15-17-20(25-22(24-15)29-3)26(13-23-17)21-19(28)18(27)16(30-21)11-12-31(4,5)6;1-7-14(2)9-8-10-15-17-20(25-22(24-15)31-6)26(13-23-17)21-19(28)18(27)16(29-21)11-12-30(3,4)5;1-5-6-7-12-21-16(19)13-17(22-12)23(10-20-13)18-15(25)14(24)11(26-18)8-9-27(2,3)4;2*1-8-18-13(16)10-14(19-8)20(7-17-10)15-12(22)11(21)9(23-15)5-6-24(2,3)4/h9,13,16,18-19,21,27-28H,4,7-8,10-12H2,1-3,5-6H3;9,13,16,18-19,21,27-28H,3,7-8,10-12H2,1-2,4-6H3;10-11,14-15,18,24-25H,2,5-9H2,1,3-4H3,(H2,19,21,22);2*7,9,11-12,15,21-22H,2,5-6H2,1,3-4H3,(H2,16,18,19)/b2*14-9-;;;/t2*16?,18-,19-,21-;11?,14-,15-,18-;2*9?,11-,12-,15-/m11111/s1. The van der Waals surface area contributed by atoms with E-state index >= 15 is 0 Å². The number of nitrogens with zero attached hydrogens (tertiary/aromatic N) is 20. The number of unbranched alkanes of at least 4 members (excludes halogenated alkanes) is 1. The van der Waals surface area contributed by atoms with Crippen molar-refractivity contribution in [3.05, 3.63) is 83.8 Å². The number of fused-ring (bicyclic) bond motifs is 5. The van der Waals surface area contributed by atoms with Crippen LogP contribution in [-0.4, -0.2) is 383 Å². The third-order valence-corrected chi connectivity index (χ3v) is 32.6. The van der Waals surface area contributed by atoms with Crippen LogP contribution in [-0.2, 0) is 42.9 Å². The van der Waals surface area contributed by atoms with Gasteiger partial charge in [0.15, 0.2) is 82.0 Å². The van der Waals surface area contributed by atoms with Crippen LogP contribution in [0.3, 0.4) is 0 Å². The molecule has 0 aromatic carbocycles. The zero-order valence-electron chi connectivity index (χ0n) is 82.8. The predicted molar refractivity (Wildman–Crippen MR) is 557 cm³/mol. The summed E-state index contributed by atoms with van der Waals surface area (Å²) in [4.78, 5) is 65.8. The molecule has 45 heteroatoms. The molecule has 16 N–H and O–H groups in total. The number of aliphatic hydroxyl groups is 10. The monoisotopic (exact) mass is 2020 g/mol. The summed E-state index contributed by atoms with van der Waals surface area (Å²) < 4.78 is 43.6. The number of anilines is 3. The van der Waals surface area contributed by atoms with Crippen LogP contribution in [0.4, 0.5) is 17.5 Å². The number of allylic oxidation sites excluding steroid dienone is 4. The number of nitrogens with two attached hydrogens (primary N) is 3. The van der Waals surface area contributed by atoms with Crippen LogP contribution < -0.4 is 21.9 Å². The second-order valence-corrected chi connectivity index (χ2v) is 62.1. The number of aromatic nitrogens is 20. The van der Waals surface area contributed by atoms with Crippen LogP contribution in [0.15, 0.2) is 60.1 Å². The molecule has 137 heavy (non-hydrogen) atoms. The summed E-state index contributed by atoms with van der Waals surface area (Å²) in [6.07, 6.45) is 34.8. The lowest BCUT2D eigenvalue weighted by molar-refractivity contribution is -0.0353. The number of hydrogen-bond acceptors (Lipinski definition) is 35. The fraction of sp³-hybridized carbons (Fsp3) is 0.630. The van der Waals surface area contributed by atoms with E-state index in [1.54, 1.807) is 55.7 Å². The second kappa shape index (κ2) is 46.8. The minimum Gasteiger partial charge on any atom is -0.467 e. The fourth-order valence-corrected chi connectivity index (χ4v) is 21.6. The fourth-order valence-electron chi connectivity index (χ4n) is 16.5. The molecule has 20 atom stereocenters. The van der Waals surface area contributed by atoms with Crippen molar-refractivity contribution >= 4 is 151 Å². The van der Waals surface area contributed by atoms with Crippen molar-refractivity contribution in [1.29, 1.82) is 0 Å². The Balaban J connectivity index is 0.000000165. The average molecular weight is 2020 g/mol. The lowest BCUT2D eigenvalue weighted by atomic mass is 10.1. The van der Waals surface area contributed by atoms with E-state index in [4.69, 9.17) is 45.6 Å². The second-order valence-electron chi connectivity index (χ2n) is 39.7. The lowest BCUT2D eigenvalue weighted by Crippen LogP contribution is -2.31. The molecule has 10 aromatic heterocycles. The van der Waals surface area contributed by atoms with Crippen LogP contribution in [0.25, 0.3) is 55.8 Å². The Morgan fingerprint density at radius 2 is 0.664 bits per heavy atom. The van der Waals surface area contributed by atoms with Gasteiger partial charge in [0.2, 0.25) is 0 Å². The Morgan fingerprint density at radius 1 is 0.387 bits per heavy atom. The van der Waals surface area contributed by atoms with Gasteiger partial charge < -0.3 is 96.7 Å². The first-order valence-corrected chi connectivity index (χ1v) is 63.1. The van der Waals surface area contributed by atoms with E-state index in [1.807, 2.05) is 6.26 Å². The molecule has 5 saturated heterocycles. The van der Waals surface area contributed by atoms with Crippen LogP contribution in [0.2, 0.25) is 0 Å². The first-order valence-electron chi connectivity index (χ1n) is 46.6. The van der Waals surface area contributed by atoms with Crippen LogP contribution in [0, 0.1) is 13.8 Å². The molecular formula is C92H148N23O16P5S. The summed E-state index contributed by atoms with van der Waals surface area (Å²) in [6.45, 7) is 29.3. The van der Waals surface area contributed by atoms with E-state index in [-0.39, 0.29) is 17.6 Å². The number of methoxy groups -OCH3 is 1. The molecule has 0 saturated carbocycles. The highest BCUT2D eigenvalue weighted by molar-refractivity contribution is 7.98. The molecule has 10 aromatic rings. The summed E-state index contributed by atoms with van der Waals surface area (Å²) >= 11 is 1.47. The van der Waals surface area contributed by atoms with Crippen molar-refractivity contribution in [3.8, 4) is 6.01 Å². The molecule has 0 aliphatic carbocycles. The molecular weight excluding hydrogens is 1870 g/mol. The molecule has 15 rings (SSSR count). The molecule has 0 bridgehead atoms. The van der Waals surface area contributed by atoms with Crippen molar-refractivity contribution in [2.75, 3.05) is 128 Å². The summed E-state index contributed by atoms with van der Waals surface area (Å²) in [5, 5.41) is 106. The van der Waals surface area contributed by atoms with Gasteiger partial charge in [0.25, 0.3) is 0 Å². The number of hydrogen-bond donors (Lipinski definition) is 13. The highest BCUT2D eigenvalue weighted by atomic mass is 32.2. The summed E-state index contributed by atoms with van der Waals surface area (Å²) in [5.41, 5.74) is 27.6. The maximum atomic E-state index is 10.7. The van der Waals surface area contributed by atoms with Gasteiger partial charge >= 0.3 is 6.01 Å². The molecule has 758 valence electrons. The van der Waals surface area contributed by atoms with Crippen molar-refractivity contribution < 1.29 is 79.5 Å². The number of ether oxygens (including phenoxy) is 6. The first kappa shape index (κ1) is 110. The maximum Gasteiger partial charge on any atom is 0.318 e. The summed E-state index contributed by atoms with van der Waals surface area (Å²) in [6, 6.07) is 0.244. The van der Waals surface area contributed by atoms with Crippen molar-refractivity contribution in [3.63, 3.8) is 0 Å². The Hall–Kier alpha value is -7.32. The normalized spacial score (nSPS) is 26.2. The molecule has 0 amide bonds. The van der Waals surface area contributed by atoms with E-state index in [0.29, 0.717) is 117 Å². The van der Waals surface area contributed by atoms with Gasteiger partial charge in [-0.05, 0) is 208 Å². The Bertz CT molecular complexity index is 5810. The molecule has 5 fully saturated rings. The SMILES string of the molecule is C=P(C)(C)CCC1O[C@@H](n2cnc3c(CC/C=C(/C)CC)nc(OC)nc32)[C@H](O)[C@@H]1O.C=P(C)(C)CCC1O[C@@H](n2cnc3c(CC/C=C(/C)CC)nc(SC)nc32)[C@H](O)[C@@H]1O.C=P(C)(C)CCC1O[C@@H](n2cnc3c(N)nc(C)nc32)[C@H](O)[C@@H]1O.C=P(C)(C)CCC1O[C@@H](n2cnc3c(N)nc(C)nc32)[C@H](O)[C@@H]1O.C=P(C)(C)CCC1O[C@@H](n2cnc3c(N)nc(CCCC)nc32)[C@H](O)[C@@H]1O. The topological polar surface area (TPSA) is 554 Å². The maximum absolute atomic E-state index is 10.7. The average Bonchev–Trinajstić information content (AvgIpc) is 1.63. The van der Waals surface area contributed by atoms with Gasteiger partial charge in [0, 0.05) is 6.42 Å². The third kappa shape index (κ3) is 28.0. The predicted octanol–water partition coefficient (Wildman–Crippen LogP) is 8.74. The minimum absolute atomic E-state index is 0.244. The van der Waals surface area contributed by atoms with E-state index in [1.165, 1.54) is 42.7 Å². The molecule has 15 heterocycles. The van der Waals surface area contributed by atoms with E-state index in [0.717, 1.165) is 99.1 Å². The van der Waals surface area contributed by atoms with Crippen LogP contribution in [0.5, 0.6) is 6.01 Å². The molecule has 0 radical (unpaired) electrons. The highest BCUT2D eigenvalue weighted by Gasteiger charge is 2.50. The van der Waals surface area contributed by atoms with E-state index in [9.17, 15) is 51.1 Å². The van der Waals surface area contributed by atoms with Gasteiger partial charge in [-0.25, -0.2) is 64.8 Å². The van der Waals surface area contributed by atoms with Crippen LogP contribution in [0.1, 0.15) is 165 Å². The number of aryl methyl sites for hydroxylation is 5. The van der Waals surface area contributed by atoms with E-state index < -0.39 is 157 Å². The van der Waals surface area contributed by atoms with Crippen molar-refractivity contribution in [1.82, 2.24) is 97.6 Å². The quantitative estimate of drug-likeness (QED) is 0.00790. The molecule has 0 spiro atoms. The van der Waals surface area contributed by atoms with Crippen LogP contribution >= 0.6 is 46.2 Å². The number of rotatable bonds is 33. The molecule has 39 nitrogen and oxygen atoms in total. The molecule has 5 aliphatic heterocycles. The summed E-state index contributed by atoms with van der Waals surface area (Å²) in [5.74, 6) is 2.55. The zero-order chi connectivity index (χ0) is 101. The number of thioether (sulfide) groups is 1. The first-order chi connectivity index (χ1) is 64.3. The Labute approximate surface area is 807 Å². The van der Waals surface area contributed by atoms with Gasteiger partial charge in [-0.2, -0.15) is 9.97 Å². The largest absolute Gasteiger partial charge is 0.467 e. The summed E-state index contributed by atoms with van der Waals surface area (Å²) in [7, 11) is 1.52.